The summed E-state index contributed by atoms with van der Waals surface area (Å²) in [7, 11) is 0. The lowest BCUT2D eigenvalue weighted by Gasteiger charge is -2.19. The summed E-state index contributed by atoms with van der Waals surface area (Å²) in [4.78, 5) is 36.0. The molecule has 12 heteroatoms. The highest BCUT2D eigenvalue weighted by atomic mass is 32.2. The van der Waals surface area contributed by atoms with E-state index >= 15 is 0 Å². The van der Waals surface area contributed by atoms with Crippen molar-refractivity contribution in [3.63, 3.8) is 0 Å². The molecule has 0 bridgehead atoms. The van der Waals surface area contributed by atoms with E-state index in [1.807, 2.05) is 27.0 Å². The van der Waals surface area contributed by atoms with Crippen LogP contribution in [-0.4, -0.2) is 79.4 Å². The molecule has 42 heavy (non-hydrogen) atoms. The van der Waals surface area contributed by atoms with Crippen LogP contribution in [0, 0.1) is 0 Å². The average molecular weight is 608 g/mol. The first-order chi connectivity index (χ1) is 20.2. The van der Waals surface area contributed by atoms with Crippen LogP contribution in [-0.2, 0) is 33.3 Å². The largest absolute Gasteiger partial charge is 0.460 e. The van der Waals surface area contributed by atoms with E-state index in [1.54, 1.807) is 24.3 Å². The van der Waals surface area contributed by atoms with Crippen LogP contribution in [0.15, 0.2) is 33.9 Å². The number of Topliss-reactive ketones (excluding diaryl/α,β-unsaturated/α-hetero) is 1. The molecule has 0 radical (unpaired) electrons. The molecule has 0 saturated heterocycles. The van der Waals surface area contributed by atoms with Gasteiger partial charge in [-0.05, 0) is 77.0 Å². The number of esters is 1. The van der Waals surface area contributed by atoms with Gasteiger partial charge in [0, 0.05) is 50.1 Å². The van der Waals surface area contributed by atoms with E-state index in [9.17, 15) is 14.4 Å². The van der Waals surface area contributed by atoms with Gasteiger partial charge in [0.2, 0.25) is 11.8 Å². The maximum absolute atomic E-state index is 12.2. The Morgan fingerprint density at radius 1 is 0.786 bits per heavy atom. The van der Waals surface area contributed by atoms with Crippen molar-refractivity contribution in [1.29, 1.82) is 0 Å². The molecule has 1 aromatic heterocycles. The zero-order chi connectivity index (χ0) is 30.6. The van der Waals surface area contributed by atoms with Crippen molar-refractivity contribution in [2.75, 3.05) is 51.2 Å². The Hall–Kier alpha value is -2.80. The first-order valence-electron chi connectivity index (χ1n) is 14.4. The topological polar surface area (TPSA) is 139 Å². The minimum atomic E-state index is -0.442. The highest BCUT2D eigenvalue weighted by Crippen LogP contribution is 2.23. The minimum Gasteiger partial charge on any atom is -0.460 e. The quantitative estimate of drug-likeness (QED) is 0.103. The Balaban J connectivity index is 1.37. The predicted molar refractivity (Wildman–Crippen MR) is 160 cm³/mol. The van der Waals surface area contributed by atoms with E-state index in [0.29, 0.717) is 69.3 Å². The Morgan fingerprint density at radius 3 is 1.95 bits per heavy atom. The molecule has 0 saturated carbocycles. The molecule has 0 aliphatic rings. The second-order valence-corrected chi connectivity index (χ2v) is 11.3. The van der Waals surface area contributed by atoms with E-state index in [0.717, 1.165) is 31.2 Å². The Labute approximate surface area is 252 Å². The first-order valence-corrected chi connectivity index (χ1v) is 15.6. The predicted octanol–water partition coefficient (Wildman–Crippen LogP) is 5.48. The van der Waals surface area contributed by atoms with E-state index in [4.69, 9.17) is 23.4 Å². The number of nitrogens with zero attached hydrogens (tertiary/aromatic N) is 2. The van der Waals surface area contributed by atoms with Crippen LogP contribution in [0.3, 0.4) is 0 Å². The van der Waals surface area contributed by atoms with Gasteiger partial charge in [0.05, 0.1) is 26.4 Å². The van der Waals surface area contributed by atoms with Gasteiger partial charge in [0.1, 0.15) is 11.4 Å². The summed E-state index contributed by atoms with van der Waals surface area (Å²) >= 11 is 1.37. The Morgan fingerprint density at radius 2 is 1.38 bits per heavy atom. The molecule has 0 unspecified atom stereocenters. The summed E-state index contributed by atoms with van der Waals surface area (Å²) in [5, 5.41) is 11.2. The third-order valence-corrected chi connectivity index (χ3v) is 6.22. The maximum atomic E-state index is 12.2. The molecule has 1 N–H and O–H groups in total. The number of ether oxygens (including phenoxy) is 4. The van der Waals surface area contributed by atoms with Crippen molar-refractivity contribution in [3.8, 4) is 11.5 Å². The molecule has 11 nitrogen and oxygen atoms in total. The summed E-state index contributed by atoms with van der Waals surface area (Å²) in [6, 6.07) is 7.11. The minimum absolute atomic E-state index is 0.0645. The second kappa shape index (κ2) is 20.2. The molecule has 0 fully saturated rings. The summed E-state index contributed by atoms with van der Waals surface area (Å²) in [5.74, 6) is 0.106. The zero-order valence-corrected chi connectivity index (χ0v) is 26.1. The van der Waals surface area contributed by atoms with Gasteiger partial charge in [0.15, 0.2) is 0 Å². The van der Waals surface area contributed by atoms with E-state index in [-0.39, 0.29) is 30.5 Å². The number of thioether (sulfide) groups is 1. The molecular formula is C30H45N3O8S. The number of rotatable bonds is 22. The fourth-order valence-corrected chi connectivity index (χ4v) is 3.93. The van der Waals surface area contributed by atoms with Gasteiger partial charge < -0.3 is 28.7 Å². The molecule has 1 amide bonds. The number of unbranched alkanes of at least 4 members (excludes halogenated alkanes) is 2. The van der Waals surface area contributed by atoms with Crippen molar-refractivity contribution < 1.29 is 37.7 Å². The van der Waals surface area contributed by atoms with Gasteiger partial charge in [-0.3, -0.25) is 14.4 Å². The number of ketones is 1. The summed E-state index contributed by atoms with van der Waals surface area (Å²) in [6.45, 7) is 8.68. The number of benzene rings is 1. The van der Waals surface area contributed by atoms with Crippen molar-refractivity contribution in [2.24, 2.45) is 0 Å². The smallest absolute Gasteiger partial charge is 0.306 e. The van der Waals surface area contributed by atoms with Crippen LogP contribution >= 0.6 is 11.8 Å². The molecule has 2 aromatic rings. The first kappa shape index (κ1) is 35.4. The number of anilines is 1. The van der Waals surface area contributed by atoms with Crippen molar-refractivity contribution >= 4 is 35.1 Å². The molecule has 0 aliphatic heterocycles. The van der Waals surface area contributed by atoms with Crippen LogP contribution in [0.2, 0.25) is 0 Å². The van der Waals surface area contributed by atoms with Gasteiger partial charge in [-0.1, -0.05) is 11.8 Å². The van der Waals surface area contributed by atoms with Crippen LogP contribution in [0.4, 0.5) is 5.69 Å². The number of carbonyl (C=O) groups excluding carboxylic acids is 3. The van der Waals surface area contributed by atoms with Crippen LogP contribution in [0.25, 0.3) is 11.5 Å². The van der Waals surface area contributed by atoms with Gasteiger partial charge in [-0.2, -0.15) is 0 Å². The Bertz CT molecular complexity index is 1070. The van der Waals surface area contributed by atoms with Crippen molar-refractivity contribution in [2.45, 2.75) is 83.0 Å². The monoisotopic (exact) mass is 607 g/mol. The highest BCUT2D eigenvalue weighted by Gasteiger charge is 2.15. The van der Waals surface area contributed by atoms with Gasteiger partial charge in [-0.15, -0.1) is 10.2 Å². The molecule has 2 rings (SSSR count). The van der Waals surface area contributed by atoms with Gasteiger partial charge in [0.25, 0.3) is 5.22 Å². The fourth-order valence-electron chi connectivity index (χ4n) is 3.64. The summed E-state index contributed by atoms with van der Waals surface area (Å²) in [6.07, 6.45) is 6.08. The van der Waals surface area contributed by atoms with E-state index in [1.165, 1.54) is 11.8 Å². The van der Waals surface area contributed by atoms with Crippen molar-refractivity contribution in [3.05, 3.63) is 24.3 Å². The Kier molecular flexibility index (Phi) is 17.0. The second-order valence-electron chi connectivity index (χ2n) is 10.6. The lowest BCUT2D eigenvalue weighted by molar-refractivity contribution is -0.155. The lowest BCUT2D eigenvalue weighted by atomic mass is 10.1. The number of nitrogens with one attached hydrogen (secondary N) is 1. The lowest BCUT2D eigenvalue weighted by Crippen LogP contribution is -2.23. The molecule has 0 atom stereocenters. The number of aromatic nitrogens is 2. The van der Waals surface area contributed by atoms with Gasteiger partial charge >= 0.3 is 5.97 Å². The third-order valence-electron chi connectivity index (χ3n) is 5.71. The molecule has 0 aliphatic carbocycles. The number of hydrogen-bond donors (Lipinski definition) is 1. The number of hydrogen-bond acceptors (Lipinski definition) is 11. The van der Waals surface area contributed by atoms with Crippen LogP contribution < -0.4 is 5.32 Å². The summed E-state index contributed by atoms with van der Waals surface area (Å²) in [5.41, 5.74) is 0.961. The van der Waals surface area contributed by atoms with Crippen LogP contribution in [0.5, 0.6) is 0 Å². The molecule has 234 valence electrons. The number of carbonyl (C=O) groups is 3. The standard InChI is InChI=1S/C30H45N3O8S/c1-30(2,3)41-27(36)10-6-8-18-38-20-22-39-21-19-37-17-7-5-9-25(34)15-16-26(35)31-24-13-11-23(12-14-24)28-32-33-29(40-28)42-4/h11-14H,5-10,15-22H2,1-4H3,(H,31,35). The van der Waals surface area contributed by atoms with Crippen molar-refractivity contribution in [1.82, 2.24) is 10.2 Å². The highest BCUT2D eigenvalue weighted by molar-refractivity contribution is 7.98. The molecular weight excluding hydrogens is 562 g/mol. The van der Waals surface area contributed by atoms with E-state index in [2.05, 4.69) is 15.5 Å². The molecule has 0 spiro atoms. The SMILES string of the molecule is CSc1nnc(-c2ccc(NC(=O)CCC(=O)CCCCOCCOCCOCCCCC(=O)OC(C)(C)C)cc2)o1. The van der Waals surface area contributed by atoms with Gasteiger partial charge in [-0.25, -0.2) is 0 Å². The normalized spacial score (nSPS) is 11.4. The third kappa shape index (κ3) is 16.6. The summed E-state index contributed by atoms with van der Waals surface area (Å²) < 4.78 is 27.3. The molecule has 1 aromatic carbocycles. The zero-order valence-electron chi connectivity index (χ0n) is 25.3. The maximum Gasteiger partial charge on any atom is 0.306 e. The fraction of sp³-hybridized carbons (Fsp3) is 0.633. The number of amides is 1. The molecule has 1 heterocycles. The van der Waals surface area contributed by atoms with E-state index < -0.39 is 5.60 Å². The van der Waals surface area contributed by atoms with Crippen LogP contribution in [0.1, 0.15) is 72.1 Å². The average Bonchev–Trinajstić information content (AvgIpc) is 3.43.